The molecule has 0 amide bonds. The van der Waals surface area contributed by atoms with Crippen LogP contribution in [0, 0.1) is 11.8 Å². The lowest BCUT2D eigenvalue weighted by Gasteiger charge is -2.37. The van der Waals surface area contributed by atoms with Crippen molar-refractivity contribution < 1.29 is 10.9 Å². The number of ether oxygens (including phenoxy) is 2. The van der Waals surface area contributed by atoms with Gasteiger partial charge in [0.25, 0.3) is 0 Å². The third-order valence-electron chi connectivity index (χ3n) is 6.20. The van der Waals surface area contributed by atoms with E-state index in [1.807, 2.05) is 19.2 Å². The smallest absolute Gasteiger partial charge is 0.184 e. The number of anilines is 1. The zero-order valence-electron chi connectivity index (χ0n) is 18.1. The lowest BCUT2D eigenvalue weighted by molar-refractivity contribution is 0.171. The second-order valence-corrected chi connectivity index (χ2v) is 8.19. The fourth-order valence-corrected chi connectivity index (χ4v) is 4.59. The number of fused-ring (bicyclic) bond motifs is 2. The molecule has 0 aliphatic carbocycles. The van der Waals surface area contributed by atoms with Crippen LogP contribution in [0.2, 0.25) is 0 Å². The van der Waals surface area contributed by atoms with Gasteiger partial charge >= 0.3 is 0 Å². The predicted octanol–water partition coefficient (Wildman–Crippen LogP) is 5.58. The van der Waals surface area contributed by atoms with Crippen molar-refractivity contribution in [1.29, 1.82) is 0 Å². The summed E-state index contributed by atoms with van der Waals surface area (Å²) in [6.07, 6.45) is 4.27. The first-order valence-electron chi connectivity index (χ1n) is 11.2. The minimum atomic E-state index is 0. The number of para-hydroxylation sites is 1. The zero-order chi connectivity index (χ0) is 21.0. The number of aromatic nitrogens is 1. The van der Waals surface area contributed by atoms with Crippen LogP contribution < -0.4 is 14.4 Å². The molecule has 1 aromatic heterocycles. The molecule has 33 heavy (non-hydrogen) atoms. The van der Waals surface area contributed by atoms with E-state index in [1.165, 1.54) is 23.1 Å². The fourth-order valence-electron chi connectivity index (χ4n) is 4.59. The molecule has 0 bridgehead atoms. The van der Waals surface area contributed by atoms with Crippen LogP contribution in [-0.2, 0) is 6.42 Å². The fraction of sp³-hybridized carbons (Fsp3) is 0.429. The standard InChI is InChI=1S/C26H29N3O2.2CH4.H2/c1-2-5-21-19-27-23-10-9-20(18-22(21)23)6-4-11-28-12-14-29(15-13-28)24-7-3-8-25-26(24)31-17-16-30-25;;;/h3,7-10,18-19,27H,4,6,11-17H2,1H3;2*1H4;1H. The van der Waals surface area contributed by atoms with Crippen molar-refractivity contribution in [3.63, 3.8) is 0 Å². The molecule has 0 unspecified atom stereocenters. The Kier molecular flexibility index (Phi) is 8.30. The Morgan fingerprint density at radius 1 is 1.03 bits per heavy atom. The number of hydrogen-bond donors (Lipinski definition) is 1. The highest BCUT2D eigenvalue weighted by Crippen LogP contribution is 2.39. The van der Waals surface area contributed by atoms with E-state index in [4.69, 9.17) is 9.47 Å². The molecule has 0 atom stereocenters. The Balaban J connectivity index is 0.00000136. The summed E-state index contributed by atoms with van der Waals surface area (Å²) in [5.41, 5.74) is 4.81. The molecule has 3 aromatic rings. The van der Waals surface area contributed by atoms with Gasteiger partial charge in [-0.05, 0) is 56.1 Å². The van der Waals surface area contributed by atoms with Gasteiger partial charge in [-0.2, -0.15) is 0 Å². The van der Waals surface area contributed by atoms with Crippen molar-refractivity contribution in [2.75, 3.05) is 50.8 Å². The largest absolute Gasteiger partial charge is 0.486 e. The van der Waals surface area contributed by atoms with E-state index in [0.717, 1.165) is 61.7 Å². The number of benzene rings is 2. The average molecular weight is 450 g/mol. The Hall–Kier alpha value is -3.10. The first-order valence-corrected chi connectivity index (χ1v) is 11.2. The maximum Gasteiger partial charge on any atom is 0.184 e. The lowest BCUT2D eigenvalue weighted by Crippen LogP contribution is -2.46. The second kappa shape index (κ2) is 11.2. The summed E-state index contributed by atoms with van der Waals surface area (Å²) in [5.74, 6) is 7.98. The molecule has 178 valence electrons. The van der Waals surface area contributed by atoms with Gasteiger partial charge in [0.05, 0.1) is 5.69 Å². The Bertz CT molecular complexity index is 1120. The highest BCUT2D eigenvalue weighted by atomic mass is 16.6. The van der Waals surface area contributed by atoms with Crippen LogP contribution in [0.3, 0.4) is 0 Å². The molecule has 0 spiro atoms. The van der Waals surface area contributed by atoms with Crippen LogP contribution >= 0.6 is 0 Å². The maximum absolute atomic E-state index is 5.91. The average Bonchev–Trinajstić information content (AvgIpc) is 3.22. The number of nitrogens with one attached hydrogen (secondary N) is 1. The molecule has 2 aromatic carbocycles. The van der Waals surface area contributed by atoms with Crippen molar-refractivity contribution in [2.45, 2.75) is 34.6 Å². The summed E-state index contributed by atoms with van der Waals surface area (Å²) in [6.45, 7) is 8.49. The number of H-pyrrole nitrogens is 1. The van der Waals surface area contributed by atoms with Crippen molar-refractivity contribution in [3.05, 3.63) is 53.7 Å². The molecule has 0 saturated carbocycles. The highest BCUT2D eigenvalue weighted by molar-refractivity contribution is 5.86. The number of hydrogen-bond acceptors (Lipinski definition) is 4. The minimum Gasteiger partial charge on any atom is -0.486 e. The second-order valence-electron chi connectivity index (χ2n) is 8.19. The SMILES string of the molecule is C.C.CC#Cc1c[nH]c2ccc(CCCN3CCN(c4cccc5c4OCCO5)CC3)cc12.[HH]. The van der Waals surface area contributed by atoms with E-state index < -0.39 is 0 Å². The van der Waals surface area contributed by atoms with E-state index in [0.29, 0.717) is 13.2 Å². The van der Waals surface area contributed by atoms with Crippen LogP contribution in [0.25, 0.3) is 10.9 Å². The number of piperazine rings is 1. The maximum atomic E-state index is 5.91. The van der Waals surface area contributed by atoms with Gasteiger partial charge in [-0.15, -0.1) is 5.92 Å². The molecule has 5 heteroatoms. The third-order valence-corrected chi connectivity index (χ3v) is 6.20. The molecule has 2 aliphatic rings. The molecular formula is C28H39N3O2. The van der Waals surface area contributed by atoms with Crippen LogP contribution in [0.5, 0.6) is 11.5 Å². The molecule has 3 heterocycles. The molecule has 2 aliphatic heterocycles. The van der Waals surface area contributed by atoms with Gasteiger partial charge in [-0.25, -0.2) is 0 Å². The molecule has 5 nitrogen and oxygen atoms in total. The van der Waals surface area contributed by atoms with E-state index >= 15 is 0 Å². The van der Waals surface area contributed by atoms with Gasteiger partial charge < -0.3 is 19.4 Å². The third kappa shape index (κ3) is 5.29. The summed E-state index contributed by atoms with van der Waals surface area (Å²) in [7, 11) is 0. The van der Waals surface area contributed by atoms with E-state index in [1.54, 1.807) is 0 Å². The summed E-state index contributed by atoms with van der Waals surface area (Å²) >= 11 is 0. The van der Waals surface area contributed by atoms with Gasteiger partial charge in [0.1, 0.15) is 13.2 Å². The molecule has 5 rings (SSSR count). The number of rotatable bonds is 5. The van der Waals surface area contributed by atoms with Crippen LogP contribution in [0.15, 0.2) is 42.6 Å². The summed E-state index contributed by atoms with van der Waals surface area (Å²) < 4.78 is 11.6. The van der Waals surface area contributed by atoms with E-state index in [9.17, 15) is 0 Å². The summed E-state index contributed by atoms with van der Waals surface area (Å²) in [6, 6.07) is 12.9. The van der Waals surface area contributed by atoms with Crippen LogP contribution in [0.1, 0.15) is 40.8 Å². The van der Waals surface area contributed by atoms with Crippen molar-refractivity contribution >= 4 is 16.6 Å². The number of aryl methyl sites for hydroxylation is 1. The number of nitrogens with zero attached hydrogens (tertiary/aromatic N) is 2. The monoisotopic (exact) mass is 449 g/mol. The van der Waals surface area contributed by atoms with E-state index in [-0.39, 0.29) is 16.3 Å². The van der Waals surface area contributed by atoms with Crippen LogP contribution in [0.4, 0.5) is 5.69 Å². The Morgan fingerprint density at radius 2 is 1.85 bits per heavy atom. The van der Waals surface area contributed by atoms with Crippen molar-refractivity contribution in [2.24, 2.45) is 0 Å². The minimum absolute atomic E-state index is 0. The molecule has 1 saturated heterocycles. The molecular weight excluding hydrogens is 410 g/mol. The summed E-state index contributed by atoms with van der Waals surface area (Å²) in [4.78, 5) is 8.32. The van der Waals surface area contributed by atoms with Crippen LogP contribution in [-0.4, -0.2) is 55.8 Å². The predicted molar refractivity (Wildman–Crippen MR) is 141 cm³/mol. The van der Waals surface area contributed by atoms with Crippen molar-refractivity contribution in [1.82, 2.24) is 9.88 Å². The highest BCUT2D eigenvalue weighted by Gasteiger charge is 2.23. The Labute approximate surface area is 200 Å². The molecule has 0 radical (unpaired) electrons. The van der Waals surface area contributed by atoms with Gasteiger partial charge in [0.2, 0.25) is 0 Å². The zero-order valence-corrected chi connectivity index (χ0v) is 18.1. The van der Waals surface area contributed by atoms with Crippen molar-refractivity contribution in [3.8, 4) is 23.3 Å². The van der Waals surface area contributed by atoms with Gasteiger partial charge in [-0.3, -0.25) is 4.90 Å². The normalized spacial score (nSPS) is 15.2. The molecule has 1 N–H and O–H groups in total. The quantitative estimate of drug-likeness (QED) is 0.516. The first kappa shape index (κ1) is 24.5. The first-order chi connectivity index (χ1) is 15.3. The van der Waals surface area contributed by atoms with Gasteiger partial charge in [0.15, 0.2) is 11.5 Å². The van der Waals surface area contributed by atoms with E-state index in [2.05, 4.69) is 57.0 Å². The Morgan fingerprint density at radius 3 is 2.67 bits per heavy atom. The topological polar surface area (TPSA) is 40.7 Å². The molecule has 1 fully saturated rings. The van der Waals surface area contributed by atoms with Gasteiger partial charge in [0, 0.05) is 50.3 Å². The number of aromatic amines is 1. The van der Waals surface area contributed by atoms with Gasteiger partial charge in [-0.1, -0.05) is 32.9 Å². The summed E-state index contributed by atoms with van der Waals surface area (Å²) in [5, 5.41) is 1.23. The lowest BCUT2D eigenvalue weighted by atomic mass is 10.1.